The summed E-state index contributed by atoms with van der Waals surface area (Å²) in [6.45, 7) is 2.27. The molecule has 0 aromatic heterocycles. The number of rotatable bonds is 0. The summed E-state index contributed by atoms with van der Waals surface area (Å²) < 4.78 is 5.57. The third-order valence-corrected chi connectivity index (χ3v) is 3.29. The van der Waals surface area contributed by atoms with Gasteiger partial charge in [-0.15, -0.1) is 0 Å². The van der Waals surface area contributed by atoms with Gasteiger partial charge in [-0.2, -0.15) is 0 Å². The lowest BCUT2D eigenvalue weighted by Crippen LogP contribution is -2.16. The Hall–Kier alpha value is -0.0400. The summed E-state index contributed by atoms with van der Waals surface area (Å²) in [6, 6.07) is 0. The van der Waals surface area contributed by atoms with Crippen LogP contribution in [0.5, 0.6) is 0 Å². The molecule has 0 bridgehead atoms. The van der Waals surface area contributed by atoms with E-state index in [1.54, 1.807) is 0 Å². The van der Waals surface area contributed by atoms with Crippen molar-refractivity contribution >= 4 is 0 Å². The minimum Gasteiger partial charge on any atom is -0.366 e. The van der Waals surface area contributed by atoms with Crippen LogP contribution in [0.15, 0.2) is 0 Å². The van der Waals surface area contributed by atoms with Crippen molar-refractivity contribution in [1.29, 1.82) is 0 Å². The van der Waals surface area contributed by atoms with Crippen LogP contribution in [-0.2, 0) is 4.74 Å². The van der Waals surface area contributed by atoms with E-state index in [4.69, 9.17) is 4.74 Å². The quantitative estimate of drug-likeness (QED) is 0.446. The third kappa shape index (κ3) is 0.493. The second-order valence-electron chi connectivity index (χ2n) is 4.11. The molecule has 2 aliphatic carbocycles. The molecule has 3 aliphatic rings. The topological polar surface area (TPSA) is 12.5 Å². The fourth-order valence-electron chi connectivity index (χ4n) is 2.41. The number of epoxide rings is 1. The smallest absolute Gasteiger partial charge is 0.0923 e. The first-order valence-corrected chi connectivity index (χ1v) is 3.96. The van der Waals surface area contributed by atoms with E-state index in [1.165, 1.54) is 19.3 Å². The molecule has 0 amide bonds. The summed E-state index contributed by atoms with van der Waals surface area (Å²) in [4.78, 5) is 0. The van der Waals surface area contributed by atoms with Crippen molar-refractivity contribution in [3.05, 3.63) is 0 Å². The van der Waals surface area contributed by atoms with Crippen LogP contribution in [0, 0.1) is 11.8 Å². The van der Waals surface area contributed by atoms with E-state index in [9.17, 15) is 0 Å². The van der Waals surface area contributed by atoms with Gasteiger partial charge in [0.05, 0.1) is 11.7 Å². The molecule has 1 heteroatoms. The lowest BCUT2D eigenvalue weighted by atomic mass is 9.91. The maximum atomic E-state index is 5.57. The van der Waals surface area contributed by atoms with E-state index in [0.29, 0.717) is 11.7 Å². The Bertz CT molecular complexity index is 166. The third-order valence-electron chi connectivity index (χ3n) is 3.29. The largest absolute Gasteiger partial charge is 0.366 e. The molecule has 4 unspecified atom stereocenters. The highest BCUT2D eigenvalue weighted by molar-refractivity contribution is 5.11. The second-order valence-corrected chi connectivity index (χ2v) is 4.11. The van der Waals surface area contributed by atoms with Crippen molar-refractivity contribution in [2.45, 2.75) is 37.9 Å². The minimum absolute atomic E-state index is 0.359. The van der Waals surface area contributed by atoms with Gasteiger partial charge < -0.3 is 4.74 Å². The molecule has 0 aromatic rings. The van der Waals surface area contributed by atoms with Crippen LogP contribution in [0.25, 0.3) is 0 Å². The molecular weight excluding hydrogens is 112 g/mol. The molecule has 1 heterocycles. The molecule has 4 atom stereocenters. The summed E-state index contributed by atoms with van der Waals surface area (Å²) in [7, 11) is 0. The maximum Gasteiger partial charge on any atom is 0.0923 e. The molecule has 1 saturated heterocycles. The molecule has 3 fully saturated rings. The first-order chi connectivity index (χ1) is 4.28. The zero-order valence-electron chi connectivity index (χ0n) is 5.76. The highest BCUT2D eigenvalue weighted by atomic mass is 16.6. The van der Waals surface area contributed by atoms with Gasteiger partial charge >= 0.3 is 0 Å². The molecule has 9 heavy (non-hydrogen) atoms. The molecule has 0 radical (unpaired) electrons. The van der Waals surface area contributed by atoms with Gasteiger partial charge in [-0.3, -0.25) is 0 Å². The number of hydrogen-bond donors (Lipinski definition) is 0. The fraction of sp³-hybridized carbons (Fsp3) is 1.00. The van der Waals surface area contributed by atoms with Crippen molar-refractivity contribution in [3.63, 3.8) is 0 Å². The van der Waals surface area contributed by atoms with E-state index in [-0.39, 0.29) is 0 Å². The average Bonchev–Trinajstić information content (AvgIpc) is 2.52. The molecule has 0 spiro atoms. The van der Waals surface area contributed by atoms with Crippen LogP contribution >= 0.6 is 0 Å². The Morgan fingerprint density at radius 1 is 1.33 bits per heavy atom. The Kier molecular flexibility index (Phi) is 0.563. The highest BCUT2D eigenvalue weighted by Gasteiger charge is 2.62. The van der Waals surface area contributed by atoms with Crippen LogP contribution < -0.4 is 0 Å². The Morgan fingerprint density at radius 2 is 2.22 bits per heavy atom. The van der Waals surface area contributed by atoms with E-state index < -0.39 is 0 Å². The summed E-state index contributed by atoms with van der Waals surface area (Å²) in [6.07, 6.45) is 4.92. The van der Waals surface area contributed by atoms with Crippen molar-refractivity contribution < 1.29 is 4.74 Å². The summed E-state index contributed by atoms with van der Waals surface area (Å²) >= 11 is 0. The van der Waals surface area contributed by atoms with Gasteiger partial charge in [0, 0.05) is 0 Å². The van der Waals surface area contributed by atoms with Gasteiger partial charge in [-0.1, -0.05) is 0 Å². The van der Waals surface area contributed by atoms with Crippen molar-refractivity contribution in [1.82, 2.24) is 0 Å². The Morgan fingerprint density at radius 3 is 3.00 bits per heavy atom. The van der Waals surface area contributed by atoms with E-state index >= 15 is 0 Å². The molecule has 50 valence electrons. The first kappa shape index (κ1) is 4.73. The van der Waals surface area contributed by atoms with Crippen LogP contribution in [0.2, 0.25) is 0 Å². The predicted molar refractivity (Wildman–Crippen MR) is 34.1 cm³/mol. The molecule has 0 aromatic carbocycles. The van der Waals surface area contributed by atoms with Crippen LogP contribution in [0.4, 0.5) is 0 Å². The van der Waals surface area contributed by atoms with Gasteiger partial charge in [0.2, 0.25) is 0 Å². The summed E-state index contributed by atoms with van der Waals surface area (Å²) in [5.74, 6) is 2.14. The van der Waals surface area contributed by atoms with Gasteiger partial charge in [0.1, 0.15) is 0 Å². The second kappa shape index (κ2) is 1.07. The highest BCUT2D eigenvalue weighted by Crippen LogP contribution is 2.61. The van der Waals surface area contributed by atoms with E-state index in [0.717, 1.165) is 11.8 Å². The Labute approximate surface area is 55.4 Å². The molecule has 1 nitrogen and oxygen atoms in total. The molecule has 3 rings (SSSR count). The molecular formula is C8H12O. The molecule has 1 aliphatic heterocycles. The summed E-state index contributed by atoms with van der Waals surface area (Å²) in [5, 5.41) is 0. The maximum absolute atomic E-state index is 5.57. The van der Waals surface area contributed by atoms with Gasteiger partial charge in [0.15, 0.2) is 0 Å². The van der Waals surface area contributed by atoms with Crippen molar-refractivity contribution in [2.24, 2.45) is 11.8 Å². The summed E-state index contributed by atoms with van der Waals surface area (Å²) in [5.41, 5.74) is 0.359. The normalized spacial score (nSPS) is 68.3. The molecule has 0 N–H and O–H groups in total. The zero-order valence-corrected chi connectivity index (χ0v) is 5.76. The van der Waals surface area contributed by atoms with Gasteiger partial charge in [0.25, 0.3) is 0 Å². The minimum atomic E-state index is 0.359. The van der Waals surface area contributed by atoms with Crippen LogP contribution in [0.3, 0.4) is 0 Å². The first-order valence-electron chi connectivity index (χ1n) is 3.96. The van der Waals surface area contributed by atoms with Crippen LogP contribution in [0.1, 0.15) is 26.2 Å². The van der Waals surface area contributed by atoms with E-state index in [2.05, 4.69) is 6.92 Å². The number of hydrogen-bond acceptors (Lipinski definition) is 1. The lowest BCUT2D eigenvalue weighted by Gasteiger charge is -2.09. The average molecular weight is 124 g/mol. The standard InChI is InChI=1S/C8H12O/c1-8-4-6-2-5(6)3-7(8)9-8/h5-7H,2-4H2,1H3. The van der Waals surface area contributed by atoms with Gasteiger partial charge in [-0.25, -0.2) is 0 Å². The monoisotopic (exact) mass is 124 g/mol. The number of fused-ring (bicyclic) bond motifs is 2. The fourth-order valence-corrected chi connectivity index (χ4v) is 2.41. The Balaban J connectivity index is 1.87. The lowest BCUT2D eigenvalue weighted by molar-refractivity contribution is 0.295. The predicted octanol–water partition coefficient (Wildman–Crippen LogP) is 1.57. The molecule has 2 saturated carbocycles. The number of ether oxygens (including phenoxy) is 1. The van der Waals surface area contributed by atoms with E-state index in [1.807, 2.05) is 0 Å². The van der Waals surface area contributed by atoms with Crippen LogP contribution in [-0.4, -0.2) is 11.7 Å². The van der Waals surface area contributed by atoms with Gasteiger partial charge in [-0.05, 0) is 38.0 Å². The van der Waals surface area contributed by atoms with Crippen molar-refractivity contribution in [2.75, 3.05) is 0 Å². The SMILES string of the molecule is CC12CC3CC3CC1O2. The zero-order chi connectivity index (χ0) is 6.06. The van der Waals surface area contributed by atoms with Crippen molar-refractivity contribution in [3.8, 4) is 0 Å².